The van der Waals surface area contributed by atoms with Crippen LogP contribution in [0.3, 0.4) is 0 Å². The number of furan rings is 1. The highest BCUT2D eigenvalue weighted by atomic mass is 16.5. The SMILES string of the molecule is CCOCCCNC(=O)Cn1nc(-c2ccc(C)o2)cc(N)c1=O. The lowest BCUT2D eigenvalue weighted by molar-refractivity contribution is -0.121. The Hall–Kier alpha value is -2.61. The third-order valence-corrected chi connectivity index (χ3v) is 3.28. The summed E-state index contributed by atoms with van der Waals surface area (Å²) in [7, 11) is 0. The van der Waals surface area contributed by atoms with Crippen molar-refractivity contribution in [2.75, 3.05) is 25.5 Å². The first-order valence-electron chi connectivity index (χ1n) is 7.80. The topological polar surface area (TPSA) is 112 Å². The van der Waals surface area contributed by atoms with Gasteiger partial charge in [0.1, 0.15) is 23.7 Å². The molecule has 0 atom stereocenters. The van der Waals surface area contributed by atoms with E-state index in [0.29, 0.717) is 37.6 Å². The van der Waals surface area contributed by atoms with Gasteiger partial charge in [-0.3, -0.25) is 9.59 Å². The molecule has 2 heterocycles. The Kier molecular flexibility index (Phi) is 6.14. The number of carbonyl (C=O) groups excluding carboxylic acids is 1. The molecule has 24 heavy (non-hydrogen) atoms. The maximum Gasteiger partial charge on any atom is 0.290 e. The Morgan fingerprint density at radius 2 is 2.25 bits per heavy atom. The number of carbonyl (C=O) groups is 1. The van der Waals surface area contributed by atoms with E-state index in [2.05, 4.69) is 10.4 Å². The van der Waals surface area contributed by atoms with Crippen LogP contribution in [0.1, 0.15) is 19.1 Å². The van der Waals surface area contributed by atoms with Gasteiger partial charge in [0.05, 0.1) is 0 Å². The van der Waals surface area contributed by atoms with Gasteiger partial charge in [-0.15, -0.1) is 0 Å². The van der Waals surface area contributed by atoms with Crippen molar-refractivity contribution in [3.8, 4) is 11.5 Å². The van der Waals surface area contributed by atoms with Gasteiger partial charge >= 0.3 is 0 Å². The summed E-state index contributed by atoms with van der Waals surface area (Å²) in [5, 5.41) is 6.88. The van der Waals surface area contributed by atoms with Crippen LogP contribution in [0.2, 0.25) is 0 Å². The number of aromatic nitrogens is 2. The van der Waals surface area contributed by atoms with Crippen LogP contribution in [-0.2, 0) is 16.1 Å². The lowest BCUT2D eigenvalue weighted by Crippen LogP contribution is -2.35. The number of anilines is 1. The van der Waals surface area contributed by atoms with E-state index in [9.17, 15) is 9.59 Å². The standard InChI is InChI=1S/C16H22N4O4/c1-3-23-8-4-7-18-15(21)10-20-16(22)12(17)9-13(19-20)14-6-5-11(2)24-14/h5-6,9H,3-4,7-8,10,17H2,1-2H3,(H,18,21). The van der Waals surface area contributed by atoms with Gasteiger partial charge in [-0.05, 0) is 38.5 Å². The van der Waals surface area contributed by atoms with E-state index in [0.717, 1.165) is 10.4 Å². The van der Waals surface area contributed by atoms with E-state index in [4.69, 9.17) is 14.9 Å². The fraction of sp³-hybridized carbons (Fsp3) is 0.438. The number of ether oxygens (including phenoxy) is 1. The fourth-order valence-corrected chi connectivity index (χ4v) is 2.10. The van der Waals surface area contributed by atoms with Gasteiger partial charge in [0.2, 0.25) is 5.91 Å². The second-order valence-corrected chi connectivity index (χ2v) is 5.26. The quantitative estimate of drug-likeness (QED) is 0.695. The summed E-state index contributed by atoms with van der Waals surface area (Å²) >= 11 is 0. The molecule has 0 bridgehead atoms. The summed E-state index contributed by atoms with van der Waals surface area (Å²) in [6.45, 7) is 5.21. The van der Waals surface area contributed by atoms with Crippen molar-refractivity contribution in [1.82, 2.24) is 15.1 Å². The van der Waals surface area contributed by atoms with Crippen LogP contribution in [0.4, 0.5) is 5.69 Å². The zero-order valence-electron chi connectivity index (χ0n) is 13.9. The molecule has 3 N–H and O–H groups in total. The second-order valence-electron chi connectivity index (χ2n) is 5.26. The zero-order valence-corrected chi connectivity index (χ0v) is 13.9. The van der Waals surface area contributed by atoms with Crippen LogP contribution < -0.4 is 16.6 Å². The molecule has 2 rings (SSSR count). The third kappa shape index (κ3) is 4.69. The molecule has 0 saturated carbocycles. The highest BCUT2D eigenvalue weighted by Crippen LogP contribution is 2.19. The first-order valence-corrected chi connectivity index (χ1v) is 7.80. The molecule has 1 amide bonds. The first-order chi connectivity index (χ1) is 11.5. The highest BCUT2D eigenvalue weighted by Gasteiger charge is 2.12. The number of nitrogens with two attached hydrogens (primary N) is 1. The van der Waals surface area contributed by atoms with Gasteiger partial charge in [-0.2, -0.15) is 5.10 Å². The van der Waals surface area contributed by atoms with E-state index >= 15 is 0 Å². The van der Waals surface area contributed by atoms with Gasteiger partial charge in [0, 0.05) is 19.8 Å². The van der Waals surface area contributed by atoms with Crippen LogP contribution in [-0.4, -0.2) is 35.4 Å². The van der Waals surface area contributed by atoms with E-state index in [1.807, 2.05) is 6.92 Å². The first kappa shape index (κ1) is 17.7. The van der Waals surface area contributed by atoms with Gasteiger partial charge < -0.3 is 20.2 Å². The minimum Gasteiger partial charge on any atom is -0.460 e. The number of hydrogen-bond donors (Lipinski definition) is 2. The monoisotopic (exact) mass is 334 g/mol. The summed E-state index contributed by atoms with van der Waals surface area (Å²) in [4.78, 5) is 24.0. The number of nitrogens with zero attached hydrogens (tertiary/aromatic N) is 2. The van der Waals surface area contributed by atoms with Gasteiger partial charge in [0.25, 0.3) is 5.56 Å². The van der Waals surface area contributed by atoms with Crippen molar-refractivity contribution in [3.63, 3.8) is 0 Å². The van der Waals surface area contributed by atoms with Crippen molar-refractivity contribution in [2.24, 2.45) is 0 Å². The normalized spacial score (nSPS) is 10.8. The van der Waals surface area contributed by atoms with Crippen molar-refractivity contribution in [3.05, 3.63) is 34.3 Å². The van der Waals surface area contributed by atoms with Gasteiger partial charge in [-0.1, -0.05) is 0 Å². The zero-order chi connectivity index (χ0) is 17.5. The molecule has 0 fully saturated rings. The average Bonchev–Trinajstić information content (AvgIpc) is 2.98. The predicted molar refractivity (Wildman–Crippen MR) is 89.5 cm³/mol. The molecule has 0 radical (unpaired) electrons. The number of amides is 1. The Morgan fingerprint density at radius 1 is 1.46 bits per heavy atom. The molecular weight excluding hydrogens is 312 g/mol. The van der Waals surface area contributed by atoms with Crippen LogP contribution >= 0.6 is 0 Å². The number of aryl methyl sites for hydroxylation is 1. The Labute approximate surface area is 139 Å². The fourth-order valence-electron chi connectivity index (χ4n) is 2.10. The number of hydrogen-bond acceptors (Lipinski definition) is 6. The van der Waals surface area contributed by atoms with Crippen LogP contribution in [0, 0.1) is 6.92 Å². The third-order valence-electron chi connectivity index (χ3n) is 3.28. The molecule has 0 aromatic carbocycles. The van der Waals surface area contributed by atoms with E-state index in [-0.39, 0.29) is 18.1 Å². The van der Waals surface area contributed by atoms with Crippen molar-refractivity contribution in [2.45, 2.75) is 26.8 Å². The Balaban J connectivity index is 2.05. The molecule has 2 aromatic heterocycles. The molecule has 2 aromatic rings. The molecule has 0 spiro atoms. The predicted octanol–water partition coefficient (Wildman–Crippen LogP) is 0.937. The van der Waals surface area contributed by atoms with Crippen LogP contribution in [0.5, 0.6) is 0 Å². The molecule has 0 unspecified atom stereocenters. The molecule has 8 heteroatoms. The molecular formula is C16H22N4O4. The van der Waals surface area contributed by atoms with Crippen LogP contribution in [0.15, 0.2) is 27.4 Å². The van der Waals surface area contributed by atoms with E-state index in [1.165, 1.54) is 6.07 Å². The number of nitrogen functional groups attached to an aromatic ring is 1. The van der Waals surface area contributed by atoms with Gasteiger partial charge in [0.15, 0.2) is 5.76 Å². The number of nitrogens with one attached hydrogen (secondary N) is 1. The largest absolute Gasteiger partial charge is 0.460 e. The minimum absolute atomic E-state index is 0.0122. The van der Waals surface area contributed by atoms with Gasteiger partial charge in [-0.25, -0.2) is 4.68 Å². The summed E-state index contributed by atoms with van der Waals surface area (Å²) in [6, 6.07) is 4.96. The highest BCUT2D eigenvalue weighted by molar-refractivity contribution is 5.75. The minimum atomic E-state index is -0.508. The maximum atomic E-state index is 12.1. The average molecular weight is 334 g/mol. The molecule has 0 aliphatic carbocycles. The maximum absolute atomic E-state index is 12.1. The lowest BCUT2D eigenvalue weighted by Gasteiger charge is -2.09. The summed E-state index contributed by atoms with van der Waals surface area (Å²) in [5.74, 6) is 0.897. The Bertz CT molecular complexity index is 751. The molecule has 130 valence electrons. The summed E-state index contributed by atoms with van der Waals surface area (Å²) in [5.41, 5.74) is 5.64. The number of rotatable bonds is 8. The summed E-state index contributed by atoms with van der Waals surface area (Å²) < 4.78 is 11.7. The Morgan fingerprint density at radius 3 is 2.92 bits per heavy atom. The molecule has 8 nitrogen and oxygen atoms in total. The van der Waals surface area contributed by atoms with Crippen LogP contribution in [0.25, 0.3) is 11.5 Å². The second kappa shape index (κ2) is 8.30. The van der Waals surface area contributed by atoms with Crippen molar-refractivity contribution >= 4 is 11.6 Å². The summed E-state index contributed by atoms with van der Waals surface area (Å²) in [6.07, 6.45) is 0.704. The molecule has 0 aliphatic rings. The van der Waals surface area contributed by atoms with E-state index < -0.39 is 5.56 Å². The molecule has 0 saturated heterocycles. The smallest absolute Gasteiger partial charge is 0.290 e. The van der Waals surface area contributed by atoms with Crippen molar-refractivity contribution in [1.29, 1.82) is 0 Å². The van der Waals surface area contributed by atoms with E-state index in [1.54, 1.807) is 19.1 Å². The lowest BCUT2D eigenvalue weighted by atomic mass is 10.3. The molecule has 0 aliphatic heterocycles. The van der Waals surface area contributed by atoms with Crippen molar-refractivity contribution < 1.29 is 13.9 Å².